The van der Waals surface area contributed by atoms with Crippen molar-refractivity contribution in [2.45, 2.75) is 12.4 Å². The summed E-state index contributed by atoms with van der Waals surface area (Å²) in [5.41, 5.74) is -2.88. The van der Waals surface area contributed by atoms with Gasteiger partial charge in [-0.3, -0.25) is 4.79 Å². The fourth-order valence-electron chi connectivity index (χ4n) is 2.47. The lowest BCUT2D eigenvalue weighted by molar-refractivity contribution is -0.141. The van der Waals surface area contributed by atoms with Crippen LogP contribution in [0.25, 0.3) is 11.1 Å². The minimum atomic E-state index is -4.83. The molecule has 3 aromatic rings. The zero-order valence-electron chi connectivity index (χ0n) is 13.7. The minimum Gasteiger partial charge on any atom is -0.351 e. The monoisotopic (exact) mass is 400 g/mol. The van der Waals surface area contributed by atoms with Crippen molar-refractivity contribution in [3.63, 3.8) is 0 Å². The molecule has 0 aliphatic heterocycles. The number of nitrogens with one attached hydrogen (secondary N) is 1. The molecule has 0 bridgehead atoms. The summed E-state index contributed by atoms with van der Waals surface area (Å²) in [5.74, 6) is -0.721. The number of rotatable bonds is 3. The first-order chi connectivity index (χ1) is 13.1. The normalized spacial score (nSPS) is 12.1. The second-order valence-electron chi connectivity index (χ2n) is 5.66. The van der Waals surface area contributed by atoms with Gasteiger partial charge in [-0.1, -0.05) is 17.3 Å². The van der Waals surface area contributed by atoms with Crippen LogP contribution in [-0.4, -0.2) is 11.1 Å². The second kappa shape index (κ2) is 7.02. The molecule has 0 radical (unpaired) electrons. The fraction of sp³-hybridized carbons (Fsp3) is 0.111. The fourth-order valence-corrected chi connectivity index (χ4v) is 2.47. The Morgan fingerprint density at radius 3 is 2.11 bits per heavy atom. The van der Waals surface area contributed by atoms with Crippen LogP contribution in [-0.2, 0) is 12.4 Å². The maximum absolute atomic E-state index is 13.2. The minimum absolute atomic E-state index is 0.0821. The lowest BCUT2D eigenvalue weighted by Crippen LogP contribution is -2.11. The van der Waals surface area contributed by atoms with Gasteiger partial charge in [-0.15, -0.1) is 0 Å². The molecule has 1 heterocycles. The molecular formula is C18H10F6N2O2. The Labute approximate surface area is 153 Å². The molecule has 1 aromatic heterocycles. The predicted octanol–water partition coefficient (Wildman–Crippen LogP) is 5.63. The Kier molecular flexibility index (Phi) is 4.88. The van der Waals surface area contributed by atoms with E-state index in [0.29, 0.717) is 18.2 Å². The van der Waals surface area contributed by atoms with Crippen LogP contribution in [0.15, 0.2) is 59.3 Å². The Bertz CT molecular complexity index is 977. The number of carbonyl (C=O) groups excluding carboxylic acids is 1. The lowest BCUT2D eigenvalue weighted by atomic mass is 9.96. The molecule has 1 N–H and O–H groups in total. The van der Waals surface area contributed by atoms with Gasteiger partial charge in [0.1, 0.15) is 0 Å². The number of aromatic nitrogens is 1. The van der Waals surface area contributed by atoms with Gasteiger partial charge in [0.05, 0.1) is 17.3 Å². The summed E-state index contributed by atoms with van der Waals surface area (Å²) in [6.45, 7) is 0. The van der Waals surface area contributed by atoms with Crippen molar-refractivity contribution in [1.82, 2.24) is 5.16 Å². The third-order valence-electron chi connectivity index (χ3n) is 3.77. The Hall–Kier alpha value is -3.30. The summed E-state index contributed by atoms with van der Waals surface area (Å²) in [6, 6.07) is 7.44. The van der Waals surface area contributed by atoms with Crippen LogP contribution in [0.1, 0.15) is 21.7 Å². The highest BCUT2D eigenvalue weighted by Crippen LogP contribution is 2.40. The van der Waals surface area contributed by atoms with Crippen LogP contribution < -0.4 is 5.32 Å². The van der Waals surface area contributed by atoms with Gasteiger partial charge in [-0.2, -0.15) is 26.3 Å². The maximum atomic E-state index is 13.2. The molecule has 0 spiro atoms. The van der Waals surface area contributed by atoms with Crippen molar-refractivity contribution >= 4 is 11.6 Å². The van der Waals surface area contributed by atoms with E-state index >= 15 is 0 Å². The third kappa shape index (κ3) is 4.16. The van der Waals surface area contributed by atoms with Gasteiger partial charge in [0.2, 0.25) is 5.76 Å². The molecule has 2 aromatic carbocycles. The molecule has 0 aliphatic carbocycles. The van der Waals surface area contributed by atoms with E-state index in [2.05, 4.69) is 15.0 Å². The lowest BCUT2D eigenvalue weighted by Gasteiger charge is -2.16. The highest BCUT2D eigenvalue weighted by Gasteiger charge is 2.37. The van der Waals surface area contributed by atoms with Gasteiger partial charge < -0.3 is 9.84 Å². The van der Waals surface area contributed by atoms with E-state index in [0.717, 1.165) is 0 Å². The van der Waals surface area contributed by atoms with Crippen LogP contribution in [0, 0.1) is 0 Å². The summed E-state index contributed by atoms with van der Waals surface area (Å²) in [5, 5.41) is 5.79. The van der Waals surface area contributed by atoms with Crippen molar-refractivity contribution in [2.75, 3.05) is 5.32 Å². The van der Waals surface area contributed by atoms with Gasteiger partial charge in [0.15, 0.2) is 0 Å². The number of benzene rings is 2. The van der Waals surface area contributed by atoms with E-state index in [4.69, 9.17) is 0 Å². The standard InChI is InChI=1S/C18H10F6N2O2/c19-17(20,21)11-3-6-14(18(22,23)24)13(9-11)10-1-4-12(5-2-10)26-16(27)15-7-8-25-28-15/h1-9H,(H,26,27). The molecule has 0 saturated carbocycles. The summed E-state index contributed by atoms with van der Waals surface area (Å²) in [4.78, 5) is 11.9. The van der Waals surface area contributed by atoms with Crippen molar-refractivity contribution in [1.29, 1.82) is 0 Å². The highest BCUT2D eigenvalue weighted by atomic mass is 19.4. The zero-order chi connectivity index (χ0) is 20.5. The van der Waals surface area contributed by atoms with E-state index < -0.39 is 35.0 Å². The number of anilines is 1. The summed E-state index contributed by atoms with van der Waals surface area (Å²) >= 11 is 0. The van der Waals surface area contributed by atoms with Crippen molar-refractivity contribution in [3.8, 4) is 11.1 Å². The maximum Gasteiger partial charge on any atom is 0.417 e. The number of carbonyl (C=O) groups is 1. The molecule has 10 heteroatoms. The average molecular weight is 400 g/mol. The van der Waals surface area contributed by atoms with Gasteiger partial charge >= 0.3 is 12.4 Å². The third-order valence-corrected chi connectivity index (χ3v) is 3.77. The quantitative estimate of drug-likeness (QED) is 0.580. The van der Waals surface area contributed by atoms with Crippen LogP contribution in [0.5, 0.6) is 0 Å². The SMILES string of the molecule is O=C(Nc1ccc(-c2cc(C(F)(F)F)ccc2C(F)(F)F)cc1)c1ccno1. The number of nitrogens with zero attached hydrogens (tertiary/aromatic N) is 1. The predicted molar refractivity (Wildman–Crippen MR) is 86.3 cm³/mol. The van der Waals surface area contributed by atoms with E-state index in [1.165, 1.54) is 36.5 Å². The second-order valence-corrected chi connectivity index (χ2v) is 5.66. The van der Waals surface area contributed by atoms with Gasteiger partial charge in [-0.05, 0) is 41.5 Å². The van der Waals surface area contributed by atoms with Crippen molar-refractivity contribution in [2.24, 2.45) is 0 Å². The summed E-state index contributed by atoms with van der Waals surface area (Å²) in [6.07, 6.45) is -8.37. The smallest absolute Gasteiger partial charge is 0.351 e. The van der Waals surface area contributed by atoms with Crippen LogP contribution >= 0.6 is 0 Å². The van der Waals surface area contributed by atoms with E-state index in [1.807, 2.05) is 0 Å². The first-order valence-electron chi connectivity index (χ1n) is 7.66. The number of hydrogen-bond acceptors (Lipinski definition) is 3. The van der Waals surface area contributed by atoms with E-state index in [9.17, 15) is 31.1 Å². The molecule has 0 aliphatic rings. The largest absolute Gasteiger partial charge is 0.417 e. The molecule has 3 rings (SSSR count). The van der Waals surface area contributed by atoms with Gasteiger partial charge in [-0.25, -0.2) is 0 Å². The molecule has 0 fully saturated rings. The number of amides is 1. The van der Waals surface area contributed by atoms with E-state index in [1.54, 1.807) is 0 Å². The molecule has 0 atom stereocenters. The molecular weight excluding hydrogens is 390 g/mol. The Balaban J connectivity index is 1.95. The van der Waals surface area contributed by atoms with Crippen molar-refractivity contribution < 1.29 is 35.7 Å². The summed E-state index contributed by atoms with van der Waals surface area (Å²) in [7, 11) is 0. The molecule has 4 nitrogen and oxygen atoms in total. The Morgan fingerprint density at radius 2 is 1.57 bits per heavy atom. The molecule has 1 amide bonds. The van der Waals surface area contributed by atoms with Gasteiger partial charge in [0, 0.05) is 11.8 Å². The highest BCUT2D eigenvalue weighted by molar-refractivity contribution is 6.02. The van der Waals surface area contributed by atoms with E-state index in [-0.39, 0.29) is 17.0 Å². The van der Waals surface area contributed by atoms with Crippen LogP contribution in [0.2, 0.25) is 0 Å². The van der Waals surface area contributed by atoms with Crippen LogP contribution in [0.3, 0.4) is 0 Å². The van der Waals surface area contributed by atoms with Crippen molar-refractivity contribution in [3.05, 3.63) is 71.6 Å². The average Bonchev–Trinajstić information content (AvgIpc) is 3.15. The first kappa shape index (κ1) is 19.5. The number of alkyl halides is 6. The summed E-state index contributed by atoms with van der Waals surface area (Å²) < 4.78 is 83.0. The van der Waals surface area contributed by atoms with Crippen LogP contribution in [0.4, 0.5) is 32.0 Å². The topological polar surface area (TPSA) is 55.1 Å². The zero-order valence-corrected chi connectivity index (χ0v) is 13.7. The molecule has 28 heavy (non-hydrogen) atoms. The number of hydrogen-bond donors (Lipinski definition) is 1. The molecule has 0 unspecified atom stereocenters. The first-order valence-corrected chi connectivity index (χ1v) is 7.66. The Morgan fingerprint density at radius 1 is 0.893 bits per heavy atom. The van der Waals surface area contributed by atoms with Gasteiger partial charge in [0.25, 0.3) is 5.91 Å². The number of halogens is 6. The molecule has 146 valence electrons. The molecule has 0 saturated heterocycles.